The van der Waals surface area contributed by atoms with Crippen molar-refractivity contribution < 1.29 is 23.4 Å². The van der Waals surface area contributed by atoms with E-state index in [1.807, 2.05) is 24.3 Å². The van der Waals surface area contributed by atoms with Gasteiger partial charge in [0.2, 0.25) is 0 Å². The zero-order valence-electron chi connectivity index (χ0n) is 17.2. The smallest absolute Gasteiger partial charge is 0.407 e. The van der Waals surface area contributed by atoms with Crippen molar-refractivity contribution in [1.29, 1.82) is 0 Å². The van der Waals surface area contributed by atoms with Gasteiger partial charge in [0.05, 0.1) is 12.1 Å². The molecule has 0 aliphatic carbocycles. The third kappa shape index (κ3) is 8.77. The monoisotopic (exact) mass is 484 g/mol. The van der Waals surface area contributed by atoms with E-state index >= 15 is 0 Å². The Balaban J connectivity index is 2.05. The average Bonchev–Trinajstić information content (AvgIpc) is 2.58. The summed E-state index contributed by atoms with van der Waals surface area (Å²) in [5.74, 6) is -1.44. The molecule has 0 fully saturated rings. The molecule has 0 aromatic heterocycles. The molecule has 1 amide bonds. The van der Waals surface area contributed by atoms with E-state index in [0.29, 0.717) is 12.1 Å². The number of ether oxygens (including phenoxy) is 1. The molecule has 5 nitrogen and oxygen atoms in total. The first-order valence-electron chi connectivity index (χ1n) is 9.59. The molecule has 0 unspecified atom stereocenters. The van der Waals surface area contributed by atoms with E-state index in [4.69, 9.17) is 4.74 Å². The number of alkyl carbamates (subject to hydrolysis) is 1. The zero-order valence-corrected chi connectivity index (χ0v) is 18.8. The SMILES string of the molecule is CC(C)(C)OC(=O)N[C@@H](Cc1cc(F)cc(F)c1)[C@H](O)CNCc1cccc(Br)c1. The Bertz CT molecular complexity index is 838. The zero-order chi connectivity index (χ0) is 22.3. The van der Waals surface area contributed by atoms with E-state index in [0.717, 1.165) is 16.1 Å². The molecule has 2 aromatic rings. The minimum absolute atomic E-state index is 0.0354. The topological polar surface area (TPSA) is 70.6 Å². The number of rotatable bonds is 8. The van der Waals surface area contributed by atoms with Crippen molar-refractivity contribution in [3.05, 3.63) is 69.7 Å². The molecular weight excluding hydrogens is 458 g/mol. The normalized spacial score (nSPS) is 13.6. The molecule has 2 atom stereocenters. The van der Waals surface area contributed by atoms with Gasteiger partial charge in [0, 0.05) is 23.6 Å². The lowest BCUT2D eigenvalue weighted by atomic mass is 10.0. The van der Waals surface area contributed by atoms with Crippen LogP contribution >= 0.6 is 15.9 Å². The second-order valence-corrected chi connectivity index (χ2v) is 8.98. The Kier molecular flexibility index (Phi) is 8.76. The van der Waals surface area contributed by atoms with Crippen molar-refractivity contribution in [2.75, 3.05) is 6.54 Å². The maximum absolute atomic E-state index is 13.6. The Hall–Kier alpha value is -2.03. The minimum atomic E-state index is -1.02. The van der Waals surface area contributed by atoms with Gasteiger partial charge in [-0.1, -0.05) is 28.1 Å². The first-order valence-corrected chi connectivity index (χ1v) is 10.4. The third-order valence-electron chi connectivity index (χ3n) is 4.12. The fourth-order valence-corrected chi connectivity index (χ4v) is 3.33. The van der Waals surface area contributed by atoms with Gasteiger partial charge < -0.3 is 20.5 Å². The summed E-state index contributed by atoms with van der Waals surface area (Å²) in [5.41, 5.74) is 0.615. The van der Waals surface area contributed by atoms with Gasteiger partial charge in [0.15, 0.2) is 0 Å². The lowest BCUT2D eigenvalue weighted by molar-refractivity contribution is 0.0422. The predicted octanol–water partition coefficient (Wildman–Crippen LogP) is 4.31. The molecule has 3 N–H and O–H groups in total. The predicted molar refractivity (Wildman–Crippen MR) is 115 cm³/mol. The van der Waals surface area contributed by atoms with Crippen molar-refractivity contribution >= 4 is 22.0 Å². The number of hydrogen-bond donors (Lipinski definition) is 3. The summed E-state index contributed by atoms with van der Waals surface area (Å²) < 4.78 is 33.3. The highest BCUT2D eigenvalue weighted by molar-refractivity contribution is 9.10. The van der Waals surface area contributed by atoms with Crippen LogP contribution in [0.15, 0.2) is 46.9 Å². The van der Waals surface area contributed by atoms with Gasteiger partial charge in [0.1, 0.15) is 17.2 Å². The van der Waals surface area contributed by atoms with Crippen molar-refractivity contribution in [3.8, 4) is 0 Å². The Morgan fingerprint density at radius 1 is 1.13 bits per heavy atom. The summed E-state index contributed by atoms with van der Waals surface area (Å²) in [4.78, 5) is 12.2. The number of carbonyl (C=O) groups excluding carboxylic acids is 1. The number of amides is 1. The number of aliphatic hydroxyl groups excluding tert-OH is 1. The highest BCUT2D eigenvalue weighted by atomic mass is 79.9. The second kappa shape index (κ2) is 10.8. The number of hydrogen-bond acceptors (Lipinski definition) is 4. The van der Waals surface area contributed by atoms with Gasteiger partial charge in [-0.25, -0.2) is 13.6 Å². The van der Waals surface area contributed by atoms with E-state index < -0.39 is 35.5 Å². The van der Waals surface area contributed by atoms with Gasteiger partial charge in [0.25, 0.3) is 0 Å². The fraction of sp³-hybridized carbons (Fsp3) is 0.409. The van der Waals surface area contributed by atoms with Gasteiger partial charge in [-0.3, -0.25) is 0 Å². The van der Waals surface area contributed by atoms with E-state index in [9.17, 15) is 18.7 Å². The van der Waals surface area contributed by atoms with Crippen molar-refractivity contribution in [1.82, 2.24) is 10.6 Å². The standard InChI is InChI=1S/C22H27BrF2N2O3/c1-22(2,3)30-21(29)27-19(10-15-8-17(24)11-18(25)9-15)20(28)13-26-12-14-5-4-6-16(23)7-14/h4-9,11,19-20,26,28H,10,12-13H2,1-3H3,(H,27,29)/t19-,20+/m0/s1. The molecule has 2 aromatic carbocycles. The van der Waals surface area contributed by atoms with E-state index in [-0.39, 0.29) is 13.0 Å². The highest BCUT2D eigenvalue weighted by Crippen LogP contribution is 2.14. The molecule has 0 saturated heterocycles. The minimum Gasteiger partial charge on any atom is -0.444 e. The summed E-state index contributed by atoms with van der Waals surface area (Å²) in [7, 11) is 0. The van der Waals surface area contributed by atoms with Crippen LogP contribution in [0.3, 0.4) is 0 Å². The van der Waals surface area contributed by atoms with Crippen LogP contribution in [0.4, 0.5) is 13.6 Å². The number of benzene rings is 2. The first kappa shape index (κ1) is 24.2. The fourth-order valence-electron chi connectivity index (χ4n) is 2.88. The Morgan fingerprint density at radius 2 is 1.80 bits per heavy atom. The number of halogens is 3. The quantitative estimate of drug-likeness (QED) is 0.521. The van der Waals surface area contributed by atoms with Gasteiger partial charge in [-0.05, 0) is 62.6 Å². The second-order valence-electron chi connectivity index (χ2n) is 8.06. The molecule has 2 rings (SSSR count). The van der Waals surface area contributed by atoms with Crippen LogP contribution in [0, 0.1) is 11.6 Å². The molecule has 0 spiro atoms. The number of nitrogens with one attached hydrogen (secondary N) is 2. The summed E-state index contributed by atoms with van der Waals surface area (Å²) in [5, 5.41) is 16.4. The largest absolute Gasteiger partial charge is 0.444 e. The molecule has 164 valence electrons. The molecule has 0 saturated carbocycles. The summed E-state index contributed by atoms with van der Waals surface area (Å²) in [6, 6.07) is 10.0. The number of carbonyl (C=O) groups is 1. The van der Waals surface area contributed by atoms with Crippen LogP contribution in [0.2, 0.25) is 0 Å². The Labute approximate surface area is 184 Å². The van der Waals surface area contributed by atoms with Crippen LogP contribution in [-0.4, -0.2) is 35.5 Å². The molecule has 30 heavy (non-hydrogen) atoms. The lowest BCUT2D eigenvalue weighted by Gasteiger charge is -2.27. The lowest BCUT2D eigenvalue weighted by Crippen LogP contribution is -2.49. The maximum Gasteiger partial charge on any atom is 0.407 e. The first-order chi connectivity index (χ1) is 14.0. The van der Waals surface area contributed by atoms with Gasteiger partial charge >= 0.3 is 6.09 Å². The summed E-state index contributed by atoms with van der Waals surface area (Å²) in [6.07, 6.45) is -1.69. The molecule has 0 bridgehead atoms. The molecular formula is C22H27BrF2N2O3. The van der Waals surface area contributed by atoms with Crippen LogP contribution < -0.4 is 10.6 Å². The molecule has 8 heteroatoms. The van der Waals surface area contributed by atoms with E-state index in [1.165, 1.54) is 12.1 Å². The van der Waals surface area contributed by atoms with Crippen LogP contribution in [0.5, 0.6) is 0 Å². The molecule has 0 aliphatic heterocycles. The molecule has 0 aliphatic rings. The van der Waals surface area contributed by atoms with Crippen LogP contribution in [0.25, 0.3) is 0 Å². The van der Waals surface area contributed by atoms with Crippen LogP contribution in [0.1, 0.15) is 31.9 Å². The van der Waals surface area contributed by atoms with Gasteiger partial charge in [-0.2, -0.15) is 0 Å². The Morgan fingerprint density at radius 3 is 2.40 bits per heavy atom. The van der Waals surface area contributed by atoms with Crippen molar-refractivity contribution in [3.63, 3.8) is 0 Å². The number of aliphatic hydroxyl groups is 1. The third-order valence-corrected chi connectivity index (χ3v) is 4.61. The highest BCUT2D eigenvalue weighted by Gasteiger charge is 2.25. The van der Waals surface area contributed by atoms with Gasteiger partial charge in [-0.15, -0.1) is 0 Å². The molecule has 0 heterocycles. The van der Waals surface area contributed by atoms with Crippen LogP contribution in [-0.2, 0) is 17.7 Å². The maximum atomic E-state index is 13.6. The molecule has 0 radical (unpaired) electrons. The summed E-state index contributed by atoms with van der Waals surface area (Å²) in [6.45, 7) is 5.83. The van der Waals surface area contributed by atoms with E-state index in [2.05, 4.69) is 26.6 Å². The van der Waals surface area contributed by atoms with Crippen molar-refractivity contribution in [2.45, 2.75) is 51.5 Å². The van der Waals surface area contributed by atoms with Crippen molar-refractivity contribution in [2.24, 2.45) is 0 Å². The van der Waals surface area contributed by atoms with E-state index in [1.54, 1.807) is 20.8 Å². The average molecular weight is 485 g/mol. The summed E-state index contributed by atoms with van der Waals surface area (Å²) >= 11 is 3.41.